The summed E-state index contributed by atoms with van der Waals surface area (Å²) in [7, 11) is -8.85. The molecule has 0 saturated heterocycles. The van der Waals surface area contributed by atoms with Crippen LogP contribution in [0.2, 0.25) is 0 Å². The normalized spacial score (nSPS) is 16.1. The highest BCUT2D eigenvalue weighted by molar-refractivity contribution is 7.88. The molecule has 0 saturated carbocycles. The van der Waals surface area contributed by atoms with E-state index in [1.54, 1.807) is 0 Å². The van der Waals surface area contributed by atoms with Crippen LogP contribution in [0.3, 0.4) is 0 Å². The molecule has 0 aromatic heterocycles. The van der Waals surface area contributed by atoms with E-state index in [-0.39, 0.29) is 6.42 Å². The Balaban J connectivity index is 4.45. The molecule has 0 bridgehead atoms. The molecular formula is C10H20F2O6S2. The van der Waals surface area contributed by atoms with Crippen LogP contribution in [-0.4, -0.2) is 39.5 Å². The molecule has 0 radical (unpaired) electrons. The molecule has 0 spiro atoms. The molecule has 0 amide bonds. The van der Waals surface area contributed by atoms with E-state index in [4.69, 9.17) is 0 Å². The van der Waals surface area contributed by atoms with E-state index in [1.165, 1.54) is 6.92 Å². The highest BCUT2D eigenvalue weighted by Crippen LogP contribution is 2.23. The molecule has 122 valence electrons. The van der Waals surface area contributed by atoms with Crippen LogP contribution in [0, 0.1) is 0 Å². The summed E-state index contributed by atoms with van der Waals surface area (Å²) in [6.07, 6.45) is -1.17. The Bertz CT molecular complexity index is 513. The van der Waals surface area contributed by atoms with Gasteiger partial charge in [-0.2, -0.15) is 16.8 Å². The number of hydrogen-bond donors (Lipinski definition) is 0. The monoisotopic (exact) mass is 338 g/mol. The molecule has 0 heterocycles. The predicted molar refractivity (Wildman–Crippen MR) is 69.3 cm³/mol. The molecule has 0 aliphatic heterocycles. The molecule has 20 heavy (non-hydrogen) atoms. The minimum atomic E-state index is -4.44. The molecule has 0 fully saturated rings. The average Bonchev–Trinajstić information content (AvgIpc) is 2.12. The van der Waals surface area contributed by atoms with Gasteiger partial charge in [-0.1, -0.05) is 0 Å². The van der Waals surface area contributed by atoms with Gasteiger partial charge in [0.15, 0.2) is 0 Å². The largest absolute Gasteiger partial charge is 0.302 e. The van der Waals surface area contributed by atoms with Gasteiger partial charge in [0.05, 0.1) is 12.7 Å². The van der Waals surface area contributed by atoms with E-state index in [0.29, 0.717) is 0 Å². The molecule has 1 atom stereocenters. The summed E-state index contributed by atoms with van der Waals surface area (Å²) >= 11 is 0. The van der Waals surface area contributed by atoms with E-state index >= 15 is 0 Å². The number of rotatable bonds is 8. The summed E-state index contributed by atoms with van der Waals surface area (Å²) in [4.78, 5) is 0. The second-order valence-corrected chi connectivity index (χ2v) is 9.34. The van der Waals surface area contributed by atoms with Crippen molar-refractivity contribution < 1.29 is 34.0 Å². The van der Waals surface area contributed by atoms with Gasteiger partial charge < -0.3 is 0 Å². The zero-order valence-corrected chi connectivity index (χ0v) is 13.6. The van der Waals surface area contributed by atoms with Crippen molar-refractivity contribution in [1.29, 1.82) is 0 Å². The van der Waals surface area contributed by atoms with E-state index in [0.717, 1.165) is 27.7 Å². The van der Waals surface area contributed by atoms with Gasteiger partial charge in [0.1, 0.15) is 0 Å². The smallest absolute Gasteiger partial charge is 0.268 e. The van der Waals surface area contributed by atoms with Crippen molar-refractivity contribution in [3.63, 3.8) is 0 Å². The van der Waals surface area contributed by atoms with Crippen molar-refractivity contribution >= 4 is 20.2 Å². The van der Waals surface area contributed by atoms with E-state index in [9.17, 15) is 25.6 Å². The zero-order chi connectivity index (χ0) is 16.4. The lowest BCUT2D eigenvalue weighted by Crippen LogP contribution is -2.32. The summed E-state index contributed by atoms with van der Waals surface area (Å²) in [5, 5.41) is -5.14. The molecule has 0 aliphatic carbocycles. The SMILES string of the molecule is CC(CCOS(=O)(=O)C(C)(C)F)OS(=O)(=O)C(C)(C)F. The van der Waals surface area contributed by atoms with Gasteiger partial charge in [-0.25, -0.2) is 8.78 Å². The van der Waals surface area contributed by atoms with Crippen molar-refractivity contribution in [2.24, 2.45) is 0 Å². The van der Waals surface area contributed by atoms with Crippen molar-refractivity contribution in [2.75, 3.05) is 6.61 Å². The highest BCUT2D eigenvalue weighted by Gasteiger charge is 2.37. The first-order valence-electron chi connectivity index (χ1n) is 5.80. The van der Waals surface area contributed by atoms with E-state index < -0.39 is 42.9 Å². The van der Waals surface area contributed by atoms with Crippen molar-refractivity contribution in [3.05, 3.63) is 0 Å². The lowest BCUT2D eigenvalue weighted by atomic mass is 10.3. The van der Waals surface area contributed by atoms with Crippen LogP contribution in [0.25, 0.3) is 0 Å². The van der Waals surface area contributed by atoms with Crippen LogP contribution in [0.4, 0.5) is 8.78 Å². The maximum absolute atomic E-state index is 13.3. The first kappa shape index (κ1) is 19.7. The minimum Gasteiger partial charge on any atom is -0.268 e. The van der Waals surface area contributed by atoms with Gasteiger partial charge in [-0.15, -0.1) is 0 Å². The first-order chi connectivity index (χ1) is 8.60. The molecule has 1 unspecified atom stereocenters. The Morgan fingerprint density at radius 3 is 1.70 bits per heavy atom. The van der Waals surface area contributed by atoms with Crippen LogP contribution in [-0.2, 0) is 28.6 Å². The summed E-state index contributed by atoms with van der Waals surface area (Å²) in [6.45, 7) is 4.11. The Kier molecular flexibility index (Phi) is 6.10. The van der Waals surface area contributed by atoms with Crippen LogP contribution in [0.5, 0.6) is 0 Å². The maximum atomic E-state index is 13.3. The van der Waals surface area contributed by atoms with Crippen molar-refractivity contribution in [1.82, 2.24) is 0 Å². The summed E-state index contributed by atoms with van der Waals surface area (Å²) in [5.74, 6) is 0. The predicted octanol–water partition coefficient (Wildman–Crippen LogP) is 1.87. The third-order valence-corrected chi connectivity index (χ3v) is 5.68. The number of alkyl halides is 2. The molecular weight excluding hydrogens is 318 g/mol. The Labute approximate surface area is 118 Å². The fourth-order valence-corrected chi connectivity index (χ4v) is 2.20. The van der Waals surface area contributed by atoms with Crippen LogP contribution in [0.15, 0.2) is 0 Å². The van der Waals surface area contributed by atoms with Crippen LogP contribution in [0.1, 0.15) is 41.0 Å². The van der Waals surface area contributed by atoms with Crippen LogP contribution < -0.4 is 0 Å². The molecule has 0 aliphatic rings. The lowest BCUT2D eigenvalue weighted by Gasteiger charge is -2.20. The van der Waals surface area contributed by atoms with Gasteiger partial charge in [-0.3, -0.25) is 8.37 Å². The van der Waals surface area contributed by atoms with Crippen molar-refractivity contribution in [2.45, 2.75) is 57.1 Å². The third kappa shape index (κ3) is 5.58. The molecule has 0 rings (SSSR count). The quantitative estimate of drug-likeness (QED) is 0.628. The third-order valence-electron chi connectivity index (χ3n) is 2.24. The molecule has 10 heteroatoms. The lowest BCUT2D eigenvalue weighted by molar-refractivity contribution is 0.159. The Morgan fingerprint density at radius 1 is 0.950 bits per heavy atom. The second-order valence-electron chi connectivity index (χ2n) is 5.15. The summed E-state index contributed by atoms with van der Waals surface area (Å²) < 4.78 is 80.7. The van der Waals surface area contributed by atoms with Gasteiger partial charge >= 0.3 is 20.2 Å². The minimum absolute atomic E-state index is 0.162. The fraction of sp³-hybridized carbons (Fsp3) is 1.00. The zero-order valence-electron chi connectivity index (χ0n) is 12.0. The number of halogens is 2. The van der Waals surface area contributed by atoms with E-state index in [1.807, 2.05) is 0 Å². The second kappa shape index (κ2) is 6.20. The molecule has 6 nitrogen and oxygen atoms in total. The van der Waals surface area contributed by atoms with Gasteiger partial charge in [0.25, 0.3) is 0 Å². The van der Waals surface area contributed by atoms with Crippen LogP contribution >= 0.6 is 0 Å². The van der Waals surface area contributed by atoms with Crippen molar-refractivity contribution in [3.8, 4) is 0 Å². The summed E-state index contributed by atoms with van der Waals surface area (Å²) in [5.41, 5.74) is 0. The maximum Gasteiger partial charge on any atom is 0.302 e. The van der Waals surface area contributed by atoms with Gasteiger partial charge in [-0.05, 0) is 41.0 Å². The first-order valence-corrected chi connectivity index (χ1v) is 8.61. The molecule has 0 aromatic rings. The van der Waals surface area contributed by atoms with Gasteiger partial charge in [0.2, 0.25) is 10.0 Å². The molecule has 0 aromatic carbocycles. The fourth-order valence-electron chi connectivity index (χ4n) is 0.843. The Morgan fingerprint density at radius 2 is 1.35 bits per heavy atom. The standard InChI is InChI=1S/C10H20F2O6S2/c1-8(18-20(15,16)10(4,5)12)6-7-17-19(13,14)9(2,3)11/h8H,6-7H2,1-5H3. The molecule has 0 N–H and O–H groups in total. The summed E-state index contributed by atoms with van der Waals surface area (Å²) in [6, 6.07) is 0. The topological polar surface area (TPSA) is 86.7 Å². The average molecular weight is 338 g/mol. The highest BCUT2D eigenvalue weighted by atomic mass is 32.2. The van der Waals surface area contributed by atoms with Gasteiger partial charge in [0, 0.05) is 0 Å². The Hall–Kier alpha value is -0.320. The van der Waals surface area contributed by atoms with E-state index in [2.05, 4.69) is 8.37 Å². The number of hydrogen-bond acceptors (Lipinski definition) is 6.